The van der Waals surface area contributed by atoms with E-state index < -0.39 is 0 Å². The fraction of sp³-hybridized carbons (Fsp3) is 0.310. The number of hydrogen-bond acceptors (Lipinski definition) is 4. The topological polar surface area (TPSA) is 39.2 Å². The predicted molar refractivity (Wildman–Crippen MR) is 136 cm³/mol. The van der Waals surface area contributed by atoms with Crippen LogP contribution in [0.15, 0.2) is 84.0 Å². The maximum atomic E-state index is 14.0. The van der Waals surface area contributed by atoms with Gasteiger partial charge in [-0.15, -0.1) is 0 Å². The van der Waals surface area contributed by atoms with Crippen molar-refractivity contribution in [3.8, 4) is 0 Å². The molecule has 0 radical (unpaired) electrons. The summed E-state index contributed by atoms with van der Waals surface area (Å²) in [6.45, 7) is 6.82. The molecule has 1 atom stereocenters. The van der Waals surface area contributed by atoms with Crippen LogP contribution in [0.4, 0.5) is 4.39 Å². The van der Waals surface area contributed by atoms with Crippen LogP contribution >= 0.6 is 0 Å². The van der Waals surface area contributed by atoms with Crippen molar-refractivity contribution >= 4 is 11.6 Å². The molecule has 0 aliphatic carbocycles. The first-order valence-electron chi connectivity index (χ1n) is 12.3. The highest BCUT2D eigenvalue weighted by Gasteiger charge is 2.34. The summed E-state index contributed by atoms with van der Waals surface area (Å²) in [7, 11) is 0. The van der Waals surface area contributed by atoms with E-state index in [2.05, 4.69) is 46.2 Å². The first-order valence-corrected chi connectivity index (χ1v) is 12.3. The average molecular weight is 471 g/mol. The third kappa shape index (κ3) is 5.66. The first kappa shape index (κ1) is 23.4. The third-order valence-electron chi connectivity index (χ3n) is 6.86. The highest BCUT2D eigenvalue weighted by Crippen LogP contribution is 2.33. The molecule has 180 valence electrons. The second kappa shape index (κ2) is 10.5. The fourth-order valence-corrected chi connectivity index (χ4v) is 4.85. The van der Waals surface area contributed by atoms with Gasteiger partial charge in [0.2, 0.25) is 0 Å². The molecule has 2 aliphatic heterocycles. The fourth-order valence-electron chi connectivity index (χ4n) is 4.85. The minimum atomic E-state index is -0.298. The maximum absolute atomic E-state index is 14.0. The average Bonchev–Trinajstić information content (AvgIpc) is 3.32. The largest absolute Gasteiger partial charge is 0.297 e. The van der Waals surface area contributed by atoms with Gasteiger partial charge >= 0.3 is 0 Å². The molecule has 0 aromatic heterocycles. The van der Waals surface area contributed by atoms with E-state index in [4.69, 9.17) is 5.10 Å². The van der Waals surface area contributed by atoms with E-state index in [1.54, 1.807) is 11.1 Å². The Morgan fingerprint density at radius 3 is 2.34 bits per heavy atom. The smallest absolute Gasteiger partial charge is 0.257 e. The van der Waals surface area contributed by atoms with E-state index >= 15 is 0 Å². The normalized spacial score (nSPS) is 19.1. The minimum absolute atomic E-state index is 0.0436. The molecule has 1 amide bonds. The summed E-state index contributed by atoms with van der Waals surface area (Å²) in [5.74, 6) is -0.342. The lowest BCUT2D eigenvalue weighted by Crippen LogP contribution is -2.49. The maximum Gasteiger partial charge on any atom is 0.257 e. The van der Waals surface area contributed by atoms with Gasteiger partial charge in [-0.3, -0.25) is 14.6 Å². The molecule has 0 spiro atoms. The molecule has 5 nitrogen and oxygen atoms in total. The van der Waals surface area contributed by atoms with Crippen LogP contribution in [0.2, 0.25) is 0 Å². The van der Waals surface area contributed by atoms with Crippen LogP contribution in [0, 0.1) is 12.7 Å². The van der Waals surface area contributed by atoms with Gasteiger partial charge in [-0.1, -0.05) is 72.3 Å². The summed E-state index contributed by atoms with van der Waals surface area (Å²) >= 11 is 0. The van der Waals surface area contributed by atoms with Crippen molar-refractivity contribution in [2.75, 3.05) is 32.7 Å². The Morgan fingerprint density at radius 2 is 1.63 bits per heavy atom. The number of carbonyl (C=O) groups excluding carboxylic acids is 1. The molecule has 0 N–H and O–H groups in total. The molecule has 35 heavy (non-hydrogen) atoms. The van der Waals surface area contributed by atoms with Gasteiger partial charge in [0.05, 0.1) is 18.3 Å². The van der Waals surface area contributed by atoms with Crippen molar-refractivity contribution < 1.29 is 9.18 Å². The van der Waals surface area contributed by atoms with Crippen molar-refractivity contribution in [2.24, 2.45) is 5.10 Å². The van der Waals surface area contributed by atoms with Crippen LogP contribution in [0.25, 0.3) is 0 Å². The van der Waals surface area contributed by atoms with Crippen molar-refractivity contribution in [3.63, 3.8) is 0 Å². The highest BCUT2D eigenvalue weighted by molar-refractivity contribution is 6.03. The lowest BCUT2D eigenvalue weighted by molar-refractivity contribution is -0.134. The lowest BCUT2D eigenvalue weighted by atomic mass is 9.98. The molecule has 0 bridgehead atoms. The summed E-state index contributed by atoms with van der Waals surface area (Å²) in [5.41, 5.74) is 5.12. The molecular formula is C29H31FN4O. The molecule has 0 unspecified atom stereocenters. The van der Waals surface area contributed by atoms with Gasteiger partial charge in [0.25, 0.3) is 5.91 Å². The molecule has 3 aromatic rings. The number of benzene rings is 3. The molecule has 5 rings (SSSR count). The Kier molecular flexibility index (Phi) is 7.02. The van der Waals surface area contributed by atoms with Crippen molar-refractivity contribution in [1.29, 1.82) is 0 Å². The van der Waals surface area contributed by atoms with Crippen LogP contribution in [0.5, 0.6) is 0 Å². The molecule has 0 saturated carbocycles. The molecule has 1 fully saturated rings. The lowest BCUT2D eigenvalue weighted by Gasteiger charge is -2.35. The molecule has 2 aliphatic rings. The monoisotopic (exact) mass is 470 g/mol. The van der Waals surface area contributed by atoms with Crippen LogP contribution in [-0.4, -0.2) is 59.2 Å². The van der Waals surface area contributed by atoms with E-state index in [1.165, 1.54) is 23.3 Å². The Labute approximate surface area is 206 Å². The predicted octanol–water partition coefficient (Wildman–Crippen LogP) is 4.63. The Hall–Kier alpha value is -3.35. The molecule has 2 heterocycles. The second-order valence-electron chi connectivity index (χ2n) is 9.46. The van der Waals surface area contributed by atoms with Gasteiger partial charge in [0.15, 0.2) is 0 Å². The summed E-state index contributed by atoms with van der Waals surface area (Å²) in [6.07, 6.45) is 0.573. The number of hydrogen-bond donors (Lipinski definition) is 0. The minimum Gasteiger partial charge on any atom is -0.297 e. The van der Waals surface area contributed by atoms with Crippen LogP contribution in [-0.2, 0) is 11.3 Å². The Bertz CT molecular complexity index is 1190. The molecule has 3 aromatic carbocycles. The van der Waals surface area contributed by atoms with E-state index in [0.717, 1.165) is 49.6 Å². The zero-order valence-corrected chi connectivity index (χ0v) is 20.1. The van der Waals surface area contributed by atoms with Crippen LogP contribution in [0.1, 0.15) is 34.7 Å². The number of aryl methyl sites for hydroxylation is 1. The van der Waals surface area contributed by atoms with Gasteiger partial charge in [-0.05, 0) is 35.7 Å². The van der Waals surface area contributed by atoms with Gasteiger partial charge < -0.3 is 0 Å². The van der Waals surface area contributed by atoms with Crippen LogP contribution < -0.4 is 0 Å². The first-order chi connectivity index (χ1) is 17.0. The summed E-state index contributed by atoms with van der Waals surface area (Å²) in [4.78, 5) is 18.1. The number of amides is 1. The molecule has 1 saturated heterocycles. The number of carbonyl (C=O) groups is 1. The highest BCUT2D eigenvalue weighted by atomic mass is 19.1. The third-order valence-corrected chi connectivity index (χ3v) is 6.86. The summed E-state index contributed by atoms with van der Waals surface area (Å²) in [6, 6.07) is 24.9. The van der Waals surface area contributed by atoms with Crippen molar-refractivity contribution in [2.45, 2.75) is 25.9 Å². The number of hydrazone groups is 1. The summed E-state index contributed by atoms with van der Waals surface area (Å²) in [5, 5.41) is 6.34. The standard InChI is InChI=1S/C29H31FN4O/c1-22-10-12-24(13-11-22)27-19-28(25-8-5-9-26(30)18-25)34(31-27)29(35)21-33-16-14-32(15-17-33)20-23-6-3-2-4-7-23/h2-13,18,28H,14-17,19-21H2,1H3/t28-/m1/s1. The van der Waals surface area contributed by atoms with Gasteiger partial charge in [0, 0.05) is 39.1 Å². The van der Waals surface area contributed by atoms with Crippen molar-refractivity contribution in [3.05, 3.63) is 107 Å². The van der Waals surface area contributed by atoms with Gasteiger partial charge in [-0.25, -0.2) is 9.40 Å². The van der Waals surface area contributed by atoms with Crippen LogP contribution in [0.3, 0.4) is 0 Å². The molecular weight excluding hydrogens is 439 g/mol. The summed E-state index contributed by atoms with van der Waals surface area (Å²) < 4.78 is 14.0. The number of nitrogens with zero attached hydrogens (tertiary/aromatic N) is 4. The zero-order valence-electron chi connectivity index (χ0n) is 20.1. The Balaban J connectivity index is 1.27. The van der Waals surface area contributed by atoms with Gasteiger partial charge in [0.1, 0.15) is 5.82 Å². The van der Waals surface area contributed by atoms with E-state index in [-0.39, 0.29) is 17.8 Å². The molecule has 6 heteroatoms. The van der Waals surface area contributed by atoms with Crippen molar-refractivity contribution in [1.82, 2.24) is 14.8 Å². The number of piperazine rings is 1. The number of rotatable bonds is 6. The second-order valence-corrected chi connectivity index (χ2v) is 9.46. The van der Waals surface area contributed by atoms with E-state index in [1.807, 2.05) is 31.2 Å². The zero-order chi connectivity index (χ0) is 24.2. The number of halogens is 1. The van der Waals surface area contributed by atoms with E-state index in [0.29, 0.717) is 13.0 Å². The van der Waals surface area contributed by atoms with Gasteiger partial charge in [-0.2, -0.15) is 5.10 Å². The Morgan fingerprint density at radius 1 is 0.914 bits per heavy atom. The quantitative estimate of drug-likeness (QED) is 0.527. The van der Waals surface area contributed by atoms with E-state index in [9.17, 15) is 9.18 Å². The SMILES string of the molecule is Cc1ccc(C2=NN(C(=O)CN3CCN(Cc4ccccc4)CC3)[C@@H](c3cccc(F)c3)C2)cc1.